The summed E-state index contributed by atoms with van der Waals surface area (Å²) in [5.74, 6) is 0.0104. The Bertz CT molecular complexity index is 420. The van der Waals surface area contributed by atoms with Gasteiger partial charge in [0.1, 0.15) is 0 Å². The Hall–Kier alpha value is -0.580. The molecule has 2 fully saturated rings. The number of carbonyl (C=O) groups excluding carboxylic acids is 1. The van der Waals surface area contributed by atoms with Gasteiger partial charge in [0, 0.05) is 18.1 Å². The van der Waals surface area contributed by atoms with Gasteiger partial charge in [-0.15, -0.1) is 11.3 Å². The minimum atomic E-state index is 0.0104. The van der Waals surface area contributed by atoms with Gasteiger partial charge in [0.2, 0.25) is 0 Å². The predicted octanol–water partition coefficient (Wildman–Crippen LogP) is 2.02. The number of carbonyl (C=O) groups is 1. The van der Waals surface area contributed by atoms with Gasteiger partial charge in [-0.25, -0.2) is 0 Å². The Kier molecular flexibility index (Phi) is 2.65. The molecule has 2 aliphatic heterocycles. The molecule has 0 aromatic carbocycles. The lowest BCUT2D eigenvalue weighted by molar-refractivity contribution is 0.0935. The highest BCUT2D eigenvalue weighted by Gasteiger charge is 2.39. The van der Waals surface area contributed by atoms with E-state index in [4.69, 9.17) is 11.6 Å². The molecule has 0 spiro atoms. The lowest BCUT2D eigenvalue weighted by Crippen LogP contribution is -2.42. The van der Waals surface area contributed by atoms with Gasteiger partial charge in [-0.3, -0.25) is 4.79 Å². The van der Waals surface area contributed by atoms with Crippen molar-refractivity contribution in [3.63, 3.8) is 0 Å². The fraction of sp³-hybridized carbons (Fsp3) is 0.545. The number of hydrogen-bond acceptors (Lipinski definition) is 3. The van der Waals surface area contributed by atoms with E-state index < -0.39 is 0 Å². The second-order valence-electron chi connectivity index (χ2n) is 4.47. The zero-order chi connectivity index (χ0) is 11.1. The van der Waals surface area contributed by atoms with Crippen molar-refractivity contribution in [3.05, 3.63) is 21.3 Å². The highest BCUT2D eigenvalue weighted by Crippen LogP contribution is 2.29. The van der Waals surface area contributed by atoms with E-state index in [2.05, 4.69) is 10.6 Å². The van der Waals surface area contributed by atoms with Crippen LogP contribution in [0.5, 0.6) is 0 Å². The molecular formula is C11H13ClN2OS. The normalized spacial score (nSPS) is 31.9. The molecule has 3 heterocycles. The Balaban J connectivity index is 1.65. The van der Waals surface area contributed by atoms with E-state index in [9.17, 15) is 4.79 Å². The quantitative estimate of drug-likeness (QED) is 0.850. The lowest BCUT2D eigenvalue weighted by atomic mass is 9.95. The smallest absolute Gasteiger partial charge is 0.261 e. The van der Waals surface area contributed by atoms with Crippen LogP contribution < -0.4 is 10.6 Å². The van der Waals surface area contributed by atoms with Crippen LogP contribution in [0.4, 0.5) is 0 Å². The van der Waals surface area contributed by atoms with Crippen molar-refractivity contribution in [1.82, 2.24) is 10.6 Å². The highest BCUT2D eigenvalue weighted by atomic mass is 35.5. The van der Waals surface area contributed by atoms with Crippen LogP contribution >= 0.6 is 22.9 Å². The molecule has 3 atom stereocenters. The number of halogens is 1. The third kappa shape index (κ3) is 1.85. The second kappa shape index (κ2) is 4.02. The largest absolute Gasteiger partial charge is 0.347 e. The van der Waals surface area contributed by atoms with Gasteiger partial charge in [0.15, 0.2) is 0 Å². The van der Waals surface area contributed by atoms with Crippen molar-refractivity contribution in [2.75, 3.05) is 0 Å². The lowest BCUT2D eigenvalue weighted by Gasteiger charge is -2.20. The zero-order valence-electron chi connectivity index (χ0n) is 8.70. The molecule has 2 bridgehead atoms. The van der Waals surface area contributed by atoms with Crippen LogP contribution in [0, 0.1) is 0 Å². The second-order valence-corrected chi connectivity index (χ2v) is 6.18. The first-order valence-corrected chi connectivity index (χ1v) is 6.74. The summed E-state index contributed by atoms with van der Waals surface area (Å²) in [6.45, 7) is 0. The highest BCUT2D eigenvalue weighted by molar-refractivity contribution is 7.17. The average Bonchev–Trinajstić information content (AvgIpc) is 2.92. The molecule has 16 heavy (non-hydrogen) atoms. The molecule has 0 saturated carbocycles. The summed E-state index contributed by atoms with van der Waals surface area (Å²) < 4.78 is 0.663. The van der Waals surface area contributed by atoms with Gasteiger partial charge < -0.3 is 10.6 Å². The van der Waals surface area contributed by atoms with Crippen molar-refractivity contribution in [2.24, 2.45) is 0 Å². The molecule has 1 amide bonds. The number of rotatable bonds is 2. The molecule has 0 radical (unpaired) electrons. The number of amides is 1. The third-order valence-electron chi connectivity index (χ3n) is 3.41. The summed E-state index contributed by atoms with van der Waals surface area (Å²) >= 11 is 7.14. The summed E-state index contributed by atoms with van der Waals surface area (Å²) in [6, 6.07) is 4.93. The Morgan fingerprint density at radius 3 is 2.94 bits per heavy atom. The molecule has 2 N–H and O–H groups in total. The Morgan fingerprint density at radius 1 is 1.50 bits per heavy atom. The zero-order valence-corrected chi connectivity index (χ0v) is 10.3. The van der Waals surface area contributed by atoms with Crippen LogP contribution in [-0.2, 0) is 0 Å². The van der Waals surface area contributed by atoms with E-state index in [1.165, 1.54) is 24.2 Å². The van der Waals surface area contributed by atoms with Crippen LogP contribution in [0.3, 0.4) is 0 Å². The van der Waals surface area contributed by atoms with E-state index in [0.717, 1.165) is 6.42 Å². The summed E-state index contributed by atoms with van der Waals surface area (Å²) in [6.07, 6.45) is 3.50. The fourth-order valence-electron chi connectivity index (χ4n) is 2.66. The summed E-state index contributed by atoms with van der Waals surface area (Å²) in [4.78, 5) is 12.6. The van der Waals surface area contributed by atoms with Gasteiger partial charge in [-0.05, 0) is 31.4 Å². The SMILES string of the molecule is O=C(N[C@@H]1C[C@H]2CC[C@@H]1N2)c1ccc(Cl)s1. The summed E-state index contributed by atoms with van der Waals surface area (Å²) in [5.41, 5.74) is 0. The molecule has 3 rings (SSSR count). The van der Waals surface area contributed by atoms with Gasteiger partial charge >= 0.3 is 0 Å². The van der Waals surface area contributed by atoms with E-state index in [1.807, 2.05) is 0 Å². The van der Waals surface area contributed by atoms with Crippen LogP contribution in [0.1, 0.15) is 28.9 Å². The van der Waals surface area contributed by atoms with Crippen molar-refractivity contribution in [2.45, 2.75) is 37.4 Å². The van der Waals surface area contributed by atoms with E-state index >= 15 is 0 Å². The summed E-state index contributed by atoms with van der Waals surface area (Å²) in [5, 5.41) is 6.59. The first-order chi connectivity index (χ1) is 7.72. The minimum absolute atomic E-state index is 0.0104. The van der Waals surface area contributed by atoms with Crippen LogP contribution in [-0.4, -0.2) is 24.0 Å². The predicted molar refractivity (Wildman–Crippen MR) is 65.1 cm³/mol. The molecule has 0 aliphatic carbocycles. The average molecular weight is 257 g/mol. The molecule has 0 unspecified atom stereocenters. The van der Waals surface area contributed by atoms with Crippen molar-refractivity contribution < 1.29 is 4.79 Å². The molecular weight excluding hydrogens is 244 g/mol. The maximum atomic E-state index is 11.9. The molecule has 5 heteroatoms. The molecule has 2 aliphatic rings. The maximum Gasteiger partial charge on any atom is 0.261 e. The monoisotopic (exact) mass is 256 g/mol. The van der Waals surface area contributed by atoms with Gasteiger partial charge in [0.05, 0.1) is 9.21 Å². The summed E-state index contributed by atoms with van der Waals surface area (Å²) in [7, 11) is 0. The van der Waals surface area contributed by atoms with Crippen molar-refractivity contribution in [1.29, 1.82) is 0 Å². The molecule has 1 aromatic heterocycles. The van der Waals surface area contributed by atoms with Crippen molar-refractivity contribution in [3.8, 4) is 0 Å². The first kappa shape index (κ1) is 10.6. The van der Waals surface area contributed by atoms with Crippen LogP contribution in [0.25, 0.3) is 0 Å². The van der Waals surface area contributed by atoms with E-state index in [1.54, 1.807) is 12.1 Å². The standard InChI is InChI=1S/C11H13ClN2OS/c12-10-4-3-9(16-10)11(15)14-8-5-6-1-2-7(8)13-6/h3-4,6-8,13H,1-2,5H2,(H,14,15)/t6-,7+,8-/m1/s1. The van der Waals surface area contributed by atoms with Gasteiger partial charge in [-0.1, -0.05) is 11.6 Å². The Labute approximate surface area is 103 Å². The van der Waals surface area contributed by atoms with Crippen molar-refractivity contribution >= 4 is 28.8 Å². The number of thiophene rings is 1. The molecule has 3 nitrogen and oxygen atoms in total. The van der Waals surface area contributed by atoms with Gasteiger partial charge in [-0.2, -0.15) is 0 Å². The maximum absolute atomic E-state index is 11.9. The molecule has 1 aromatic rings. The topological polar surface area (TPSA) is 41.1 Å². The minimum Gasteiger partial charge on any atom is -0.347 e. The van der Waals surface area contributed by atoms with Crippen LogP contribution in [0.15, 0.2) is 12.1 Å². The number of hydrogen-bond donors (Lipinski definition) is 2. The van der Waals surface area contributed by atoms with Gasteiger partial charge in [0.25, 0.3) is 5.91 Å². The number of fused-ring (bicyclic) bond motifs is 2. The third-order valence-corrected chi connectivity index (χ3v) is 4.64. The van der Waals surface area contributed by atoms with Crippen LogP contribution in [0.2, 0.25) is 4.34 Å². The first-order valence-electron chi connectivity index (χ1n) is 5.54. The molecule has 2 saturated heterocycles. The number of nitrogens with one attached hydrogen (secondary N) is 2. The van der Waals surface area contributed by atoms with E-state index in [0.29, 0.717) is 27.3 Å². The fourth-order valence-corrected chi connectivity index (χ4v) is 3.61. The molecule has 86 valence electrons. The van der Waals surface area contributed by atoms with E-state index in [-0.39, 0.29) is 5.91 Å². The Morgan fingerprint density at radius 2 is 2.38 bits per heavy atom.